The monoisotopic (exact) mass is 482 g/mol. The van der Waals surface area contributed by atoms with E-state index in [-0.39, 0.29) is 0 Å². The largest absolute Gasteiger partial charge is 0.494 e. The molecule has 2 N–H and O–H groups in total. The van der Waals surface area contributed by atoms with E-state index in [1.54, 1.807) is 6.08 Å². The van der Waals surface area contributed by atoms with Crippen molar-refractivity contribution in [3.05, 3.63) is 101 Å². The molecule has 1 heterocycles. The van der Waals surface area contributed by atoms with Gasteiger partial charge in [-0.1, -0.05) is 48.9 Å². The number of halogens is 1. The van der Waals surface area contributed by atoms with Gasteiger partial charge in [0.25, 0.3) is 0 Å². The molecule has 0 bridgehead atoms. The van der Waals surface area contributed by atoms with Crippen LogP contribution in [0.5, 0.6) is 5.75 Å². The molecule has 0 saturated heterocycles. The summed E-state index contributed by atoms with van der Waals surface area (Å²) in [6.45, 7) is 2.57. The zero-order valence-electron chi connectivity index (χ0n) is 20.0. The predicted octanol–water partition coefficient (Wildman–Crippen LogP) is 6.96. The molecule has 1 aliphatic rings. The number of hydrogen-bond acceptors (Lipinski definition) is 3. The van der Waals surface area contributed by atoms with Gasteiger partial charge >= 0.3 is 5.97 Å². The lowest BCUT2D eigenvalue weighted by Gasteiger charge is -2.31. The van der Waals surface area contributed by atoms with E-state index in [1.807, 2.05) is 61.5 Å². The van der Waals surface area contributed by atoms with Crippen molar-refractivity contribution in [1.29, 1.82) is 0 Å². The summed E-state index contributed by atoms with van der Waals surface area (Å²) in [5.74, 6) is -0.230. The second kappa shape index (κ2) is 10.2. The van der Waals surface area contributed by atoms with Crippen molar-refractivity contribution < 1.29 is 19.0 Å². The second-order valence-corrected chi connectivity index (χ2v) is 8.94. The molecule has 0 radical (unpaired) electrons. The van der Waals surface area contributed by atoms with Crippen molar-refractivity contribution in [2.45, 2.75) is 26.2 Å². The van der Waals surface area contributed by atoms with E-state index in [2.05, 4.69) is 22.3 Å². The van der Waals surface area contributed by atoms with E-state index >= 15 is 0 Å². The first-order chi connectivity index (χ1) is 17.5. The van der Waals surface area contributed by atoms with Gasteiger partial charge in [0.2, 0.25) is 5.95 Å². The lowest BCUT2D eigenvalue weighted by atomic mass is 9.73. The van der Waals surface area contributed by atoms with Gasteiger partial charge in [-0.3, -0.25) is 5.10 Å². The normalized spacial score (nSPS) is 14.6. The summed E-state index contributed by atoms with van der Waals surface area (Å²) in [5.41, 5.74) is 6.65. The summed E-state index contributed by atoms with van der Waals surface area (Å²) in [5, 5.41) is 15.9. The van der Waals surface area contributed by atoms with Crippen LogP contribution in [0.15, 0.2) is 72.8 Å². The first-order valence-electron chi connectivity index (χ1n) is 12.2. The number of rotatable bonds is 8. The molecule has 5 nitrogen and oxygen atoms in total. The summed E-state index contributed by atoms with van der Waals surface area (Å²) >= 11 is 0. The Labute approximate surface area is 208 Å². The molecule has 0 unspecified atom stereocenters. The minimum Gasteiger partial charge on any atom is -0.494 e. The van der Waals surface area contributed by atoms with Crippen LogP contribution in [0.25, 0.3) is 28.1 Å². The van der Waals surface area contributed by atoms with E-state index in [4.69, 9.17) is 9.84 Å². The average Bonchev–Trinajstić information content (AvgIpc) is 3.23. The third kappa shape index (κ3) is 4.80. The molecule has 6 heteroatoms. The van der Waals surface area contributed by atoms with Crippen LogP contribution in [0, 0.1) is 11.9 Å². The van der Waals surface area contributed by atoms with Crippen LogP contribution in [-0.2, 0) is 4.79 Å². The van der Waals surface area contributed by atoms with Crippen molar-refractivity contribution >= 4 is 34.1 Å². The molecule has 0 amide bonds. The highest BCUT2D eigenvalue weighted by Gasteiger charge is 2.27. The number of aliphatic carboxylic acids is 1. The van der Waals surface area contributed by atoms with Crippen LogP contribution < -0.4 is 4.74 Å². The summed E-state index contributed by atoms with van der Waals surface area (Å²) in [6.07, 6.45) is 6.05. The number of aromatic nitrogens is 2. The second-order valence-electron chi connectivity index (χ2n) is 8.94. The van der Waals surface area contributed by atoms with Gasteiger partial charge in [-0.15, -0.1) is 0 Å². The molecule has 1 aliphatic carbocycles. The van der Waals surface area contributed by atoms with Gasteiger partial charge in [-0.05, 0) is 89.4 Å². The van der Waals surface area contributed by atoms with Crippen molar-refractivity contribution in [2.24, 2.45) is 5.92 Å². The number of carboxylic acids is 1. The van der Waals surface area contributed by atoms with Gasteiger partial charge < -0.3 is 9.84 Å². The molecule has 0 aliphatic heterocycles. The first-order valence-corrected chi connectivity index (χ1v) is 12.2. The summed E-state index contributed by atoms with van der Waals surface area (Å²) in [6, 6.07) is 21.7. The van der Waals surface area contributed by atoms with E-state index in [9.17, 15) is 9.18 Å². The molecule has 1 aromatic heterocycles. The van der Waals surface area contributed by atoms with Gasteiger partial charge in [0.15, 0.2) is 0 Å². The van der Waals surface area contributed by atoms with Crippen LogP contribution in [-0.4, -0.2) is 27.9 Å². The van der Waals surface area contributed by atoms with Crippen molar-refractivity contribution in [2.75, 3.05) is 6.61 Å². The van der Waals surface area contributed by atoms with Crippen molar-refractivity contribution in [1.82, 2.24) is 10.2 Å². The SMILES string of the molecule is CCOc1ccc(C(=C(c2ccc(C=CC(=O)O)cc2)c2ccc3n[nH]c(F)c3c2)C2CCC2)cc1. The topological polar surface area (TPSA) is 75.2 Å². The lowest BCUT2D eigenvalue weighted by molar-refractivity contribution is -0.131. The number of carboxylic acid groups (broad SMARTS) is 1. The molecular weight excluding hydrogens is 455 g/mol. The van der Waals surface area contributed by atoms with Crippen LogP contribution in [0.2, 0.25) is 0 Å². The summed E-state index contributed by atoms with van der Waals surface area (Å²) in [4.78, 5) is 10.9. The fraction of sp³-hybridized carbons (Fsp3) is 0.200. The maximum absolute atomic E-state index is 14.5. The Bertz CT molecular complexity index is 1450. The Kier molecular flexibility index (Phi) is 6.67. The highest BCUT2D eigenvalue weighted by atomic mass is 19.1. The zero-order chi connectivity index (χ0) is 25.1. The number of nitrogens with zero attached hydrogens (tertiary/aromatic N) is 1. The number of carbonyl (C=O) groups is 1. The van der Waals surface area contributed by atoms with E-state index < -0.39 is 11.9 Å². The molecule has 1 saturated carbocycles. The zero-order valence-corrected chi connectivity index (χ0v) is 20.0. The fourth-order valence-electron chi connectivity index (χ4n) is 4.72. The quantitative estimate of drug-likeness (QED) is 0.210. The molecule has 5 rings (SSSR count). The summed E-state index contributed by atoms with van der Waals surface area (Å²) < 4.78 is 20.1. The minimum atomic E-state index is -0.988. The van der Waals surface area contributed by atoms with Crippen LogP contribution in [0.1, 0.15) is 48.4 Å². The molecule has 0 atom stereocenters. The Morgan fingerprint density at radius 3 is 2.39 bits per heavy atom. The molecular formula is C30H27FN2O3. The lowest BCUT2D eigenvalue weighted by Crippen LogP contribution is -2.15. The Morgan fingerprint density at radius 2 is 1.75 bits per heavy atom. The van der Waals surface area contributed by atoms with Gasteiger partial charge in [0.05, 0.1) is 17.5 Å². The third-order valence-electron chi connectivity index (χ3n) is 6.67. The van der Waals surface area contributed by atoms with E-state index in [0.29, 0.717) is 23.4 Å². The van der Waals surface area contributed by atoms with Crippen LogP contribution in [0.3, 0.4) is 0 Å². The number of ether oxygens (including phenoxy) is 1. The highest BCUT2D eigenvalue weighted by Crippen LogP contribution is 2.45. The maximum Gasteiger partial charge on any atom is 0.328 e. The van der Waals surface area contributed by atoms with Crippen molar-refractivity contribution in [3.8, 4) is 5.75 Å². The molecule has 182 valence electrons. The number of fused-ring (bicyclic) bond motifs is 1. The van der Waals surface area contributed by atoms with E-state index in [1.165, 1.54) is 12.0 Å². The predicted molar refractivity (Wildman–Crippen MR) is 140 cm³/mol. The molecule has 3 aromatic carbocycles. The minimum absolute atomic E-state index is 0.384. The molecule has 0 spiro atoms. The van der Waals surface area contributed by atoms with Crippen LogP contribution >= 0.6 is 0 Å². The smallest absolute Gasteiger partial charge is 0.328 e. The molecule has 36 heavy (non-hydrogen) atoms. The van der Waals surface area contributed by atoms with Gasteiger partial charge in [0, 0.05) is 6.08 Å². The third-order valence-corrected chi connectivity index (χ3v) is 6.67. The van der Waals surface area contributed by atoms with Gasteiger partial charge in [-0.25, -0.2) is 4.79 Å². The number of hydrogen-bond donors (Lipinski definition) is 2. The van der Waals surface area contributed by atoms with Gasteiger partial charge in [0.1, 0.15) is 5.75 Å². The number of benzene rings is 3. The fourth-order valence-corrected chi connectivity index (χ4v) is 4.72. The number of aromatic amines is 1. The highest BCUT2D eigenvalue weighted by molar-refractivity contribution is 6.01. The summed E-state index contributed by atoms with van der Waals surface area (Å²) in [7, 11) is 0. The molecule has 4 aromatic rings. The van der Waals surface area contributed by atoms with Crippen molar-refractivity contribution in [3.63, 3.8) is 0 Å². The number of allylic oxidation sites excluding steroid dienone is 1. The maximum atomic E-state index is 14.5. The van der Waals surface area contributed by atoms with Crippen LogP contribution in [0.4, 0.5) is 4.39 Å². The Morgan fingerprint density at radius 1 is 1.06 bits per heavy atom. The first kappa shape index (κ1) is 23.5. The average molecular weight is 483 g/mol. The Balaban J connectivity index is 1.71. The Hall–Kier alpha value is -4.19. The van der Waals surface area contributed by atoms with Gasteiger partial charge in [-0.2, -0.15) is 9.49 Å². The molecule has 1 fully saturated rings. The standard InChI is InChI=1S/C30H27FN2O3/c1-2-36-24-14-11-22(12-15-24)28(20-4-3-5-20)29(21-9-6-19(7-10-21)8-17-27(34)35)23-13-16-26-25(18-23)30(31)33-32-26/h6-18,20H,2-5H2,1H3,(H,32,33)(H,34,35). The number of nitrogens with one attached hydrogen (secondary N) is 1. The number of H-pyrrole nitrogens is 1. The van der Waals surface area contributed by atoms with E-state index in [0.717, 1.165) is 52.5 Å².